The number of likely N-dealkylation sites (tertiary alicyclic amines) is 1. The molecule has 0 saturated carbocycles. The fourth-order valence-electron chi connectivity index (χ4n) is 6.61. The summed E-state index contributed by atoms with van der Waals surface area (Å²) in [6.07, 6.45) is 8.20. The maximum atomic E-state index is 11.8. The van der Waals surface area contributed by atoms with Gasteiger partial charge in [-0.1, -0.05) is 54.6 Å². The predicted octanol–water partition coefficient (Wildman–Crippen LogP) is 5.41. The molecule has 0 radical (unpaired) electrons. The molecular formula is C36H40N3O4+. The molecule has 3 atom stereocenters. The number of ether oxygens (including phenoxy) is 3. The summed E-state index contributed by atoms with van der Waals surface area (Å²) in [6.45, 7) is 4.32. The molecule has 1 saturated heterocycles. The van der Waals surface area contributed by atoms with Crippen molar-refractivity contribution in [3.63, 3.8) is 0 Å². The van der Waals surface area contributed by atoms with Crippen molar-refractivity contribution in [1.29, 1.82) is 0 Å². The summed E-state index contributed by atoms with van der Waals surface area (Å²) < 4.78 is 20.1. The molecule has 1 N–H and O–H groups in total. The molecule has 4 aliphatic rings. The van der Waals surface area contributed by atoms with Gasteiger partial charge in [-0.2, -0.15) is 4.58 Å². The van der Waals surface area contributed by atoms with E-state index < -0.39 is 5.60 Å². The van der Waals surface area contributed by atoms with E-state index in [-0.39, 0.29) is 12.1 Å². The third-order valence-electron chi connectivity index (χ3n) is 8.71. The third-order valence-corrected chi connectivity index (χ3v) is 8.71. The number of nitrogens with one attached hydrogen (secondary N) is 1. The Kier molecular flexibility index (Phi) is 8.72. The van der Waals surface area contributed by atoms with Crippen LogP contribution in [0.3, 0.4) is 0 Å². The Bertz CT molecular complexity index is 1490. The average molecular weight is 579 g/mol. The molecule has 1 spiro atoms. The molecule has 4 heterocycles. The van der Waals surface area contributed by atoms with E-state index >= 15 is 0 Å². The van der Waals surface area contributed by atoms with Crippen LogP contribution in [0.1, 0.15) is 18.4 Å². The highest BCUT2D eigenvalue weighted by Crippen LogP contribution is 2.51. The Morgan fingerprint density at radius 2 is 1.70 bits per heavy atom. The second-order valence-electron chi connectivity index (χ2n) is 11.2. The van der Waals surface area contributed by atoms with Crippen LogP contribution < -0.4 is 10.1 Å². The van der Waals surface area contributed by atoms with E-state index in [4.69, 9.17) is 14.2 Å². The summed E-state index contributed by atoms with van der Waals surface area (Å²) in [5.74, 6) is 1.66. The quantitative estimate of drug-likeness (QED) is 0.208. The van der Waals surface area contributed by atoms with Crippen molar-refractivity contribution in [2.24, 2.45) is 0 Å². The molecule has 43 heavy (non-hydrogen) atoms. The first-order valence-electron chi connectivity index (χ1n) is 15.2. The minimum absolute atomic E-state index is 0.0362. The molecule has 222 valence electrons. The van der Waals surface area contributed by atoms with Gasteiger partial charge in [-0.25, -0.2) is 0 Å². The van der Waals surface area contributed by atoms with Gasteiger partial charge in [-0.15, -0.1) is 0 Å². The normalized spacial score (nSPS) is 23.7. The van der Waals surface area contributed by atoms with Gasteiger partial charge in [-0.05, 0) is 61.8 Å². The van der Waals surface area contributed by atoms with Crippen LogP contribution in [0, 0.1) is 0 Å². The number of fused-ring (bicyclic) bond motifs is 1. The van der Waals surface area contributed by atoms with Crippen LogP contribution in [0.15, 0.2) is 108 Å². The number of anilines is 1. The number of hydrogen-bond donors (Lipinski definition) is 1. The maximum absolute atomic E-state index is 11.8. The lowest BCUT2D eigenvalue weighted by atomic mass is 9.82. The molecule has 0 aliphatic carbocycles. The first kappa shape index (κ1) is 28.9. The molecule has 0 aromatic heterocycles. The van der Waals surface area contributed by atoms with Gasteiger partial charge in [0.2, 0.25) is 11.7 Å². The van der Waals surface area contributed by atoms with Crippen LogP contribution in [0.2, 0.25) is 0 Å². The van der Waals surface area contributed by atoms with Crippen LogP contribution in [-0.2, 0) is 20.7 Å². The second-order valence-corrected chi connectivity index (χ2v) is 11.2. The predicted molar refractivity (Wildman–Crippen MR) is 169 cm³/mol. The van der Waals surface area contributed by atoms with Crippen molar-refractivity contribution >= 4 is 23.6 Å². The number of carbonyl (C=O) groups is 1. The van der Waals surface area contributed by atoms with Crippen LogP contribution >= 0.6 is 0 Å². The molecule has 7 nitrogen and oxygen atoms in total. The van der Waals surface area contributed by atoms with Gasteiger partial charge in [0, 0.05) is 43.4 Å². The highest BCUT2D eigenvalue weighted by Gasteiger charge is 2.67. The number of benzene rings is 3. The smallest absolute Gasteiger partial charge is 0.375 e. The number of methoxy groups -OCH3 is 1. The zero-order chi connectivity index (χ0) is 29.6. The van der Waals surface area contributed by atoms with Gasteiger partial charge in [-0.3, -0.25) is 9.69 Å². The maximum Gasteiger partial charge on any atom is 0.375 e. The molecule has 0 amide bonds. The van der Waals surface area contributed by atoms with Crippen molar-refractivity contribution in [2.75, 3.05) is 45.7 Å². The summed E-state index contributed by atoms with van der Waals surface area (Å²) in [4.78, 5) is 14.3. The lowest BCUT2D eigenvalue weighted by molar-refractivity contribution is -0.499. The van der Waals surface area contributed by atoms with Crippen molar-refractivity contribution in [2.45, 2.75) is 37.0 Å². The van der Waals surface area contributed by atoms with E-state index in [1.165, 1.54) is 31.5 Å². The van der Waals surface area contributed by atoms with E-state index in [1.807, 2.05) is 73.8 Å². The van der Waals surface area contributed by atoms with Gasteiger partial charge in [0.15, 0.2) is 5.60 Å². The molecule has 1 fully saturated rings. The van der Waals surface area contributed by atoms with Crippen LogP contribution in [-0.4, -0.2) is 79.8 Å². The summed E-state index contributed by atoms with van der Waals surface area (Å²) >= 11 is 0. The summed E-state index contributed by atoms with van der Waals surface area (Å²) in [6, 6.07) is 28.6. The first-order valence-corrected chi connectivity index (χ1v) is 15.2. The van der Waals surface area contributed by atoms with Gasteiger partial charge >= 0.3 is 5.90 Å². The number of aldehydes is 1. The molecule has 7 heteroatoms. The van der Waals surface area contributed by atoms with Gasteiger partial charge in [0.05, 0.1) is 7.11 Å². The first-order chi connectivity index (χ1) is 21.2. The van der Waals surface area contributed by atoms with E-state index in [2.05, 4.69) is 45.1 Å². The van der Waals surface area contributed by atoms with Crippen LogP contribution in [0.4, 0.5) is 11.4 Å². The fourth-order valence-corrected chi connectivity index (χ4v) is 6.61. The van der Waals surface area contributed by atoms with Crippen molar-refractivity contribution in [3.05, 3.63) is 114 Å². The molecule has 2 bridgehead atoms. The Morgan fingerprint density at radius 3 is 2.35 bits per heavy atom. The largest absolute Gasteiger partial charge is 0.492 e. The van der Waals surface area contributed by atoms with Gasteiger partial charge < -0.3 is 19.5 Å². The van der Waals surface area contributed by atoms with Crippen LogP contribution in [0.5, 0.6) is 5.75 Å². The number of para-hydroxylation sites is 1. The zero-order valence-electron chi connectivity index (χ0n) is 24.9. The molecule has 4 aliphatic heterocycles. The summed E-state index contributed by atoms with van der Waals surface area (Å²) in [5.41, 5.74) is 4.25. The van der Waals surface area contributed by atoms with E-state index in [1.54, 1.807) is 7.11 Å². The lowest BCUT2D eigenvalue weighted by Crippen LogP contribution is -2.43. The standard InChI is InChI=1S/C23H20NO3.C13H20N2O/c1-26-22-21-18(15-25)19-12-13-23(21,27-19)20(14-16-8-4-2-5-9-16)24(22)17-10-6-3-7-11-17;1-14-12-4-6-13(7-5-12)16-11-10-15-8-2-3-9-15/h2-13,15,19-20H,14H2,1H3;4-7,14H,2-3,8-11H2,1H3/q+1;. The molecular weight excluding hydrogens is 538 g/mol. The molecule has 3 unspecified atom stereocenters. The molecule has 3 aromatic carbocycles. The van der Waals surface area contributed by atoms with E-state index in [0.717, 1.165) is 48.6 Å². The minimum atomic E-state index is -0.655. The van der Waals surface area contributed by atoms with E-state index in [0.29, 0.717) is 11.5 Å². The van der Waals surface area contributed by atoms with E-state index in [9.17, 15) is 4.79 Å². The zero-order valence-corrected chi connectivity index (χ0v) is 24.9. The van der Waals surface area contributed by atoms with Crippen molar-refractivity contribution in [3.8, 4) is 5.75 Å². The Morgan fingerprint density at radius 1 is 1.00 bits per heavy atom. The summed E-state index contributed by atoms with van der Waals surface area (Å²) in [7, 11) is 3.58. The topological polar surface area (TPSA) is 63.0 Å². The fraction of sp³-hybridized carbons (Fsp3) is 0.333. The van der Waals surface area contributed by atoms with Crippen molar-refractivity contribution in [1.82, 2.24) is 4.90 Å². The number of hydrogen-bond acceptors (Lipinski definition) is 6. The highest BCUT2D eigenvalue weighted by atomic mass is 16.5. The van der Waals surface area contributed by atoms with Gasteiger partial charge in [0.25, 0.3) is 0 Å². The number of rotatable bonds is 9. The summed E-state index contributed by atoms with van der Waals surface area (Å²) in [5, 5.41) is 3.09. The monoisotopic (exact) mass is 578 g/mol. The average Bonchev–Trinajstić information content (AvgIpc) is 3.85. The van der Waals surface area contributed by atoms with Crippen molar-refractivity contribution < 1.29 is 23.6 Å². The molecule has 3 aromatic rings. The lowest BCUT2D eigenvalue weighted by Gasteiger charge is -2.24. The second kappa shape index (κ2) is 13.0. The molecule has 7 rings (SSSR count). The Labute approximate surface area is 254 Å². The SMILES string of the molecule is CNc1ccc(OCCN2CCCC2)cc1.COC1=[N+](c2ccccc2)C(Cc2ccccc2)C23C=CC(O2)C(C=O)=C13. The number of nitrogens with zero attached hydrogens (tertiary/aromatic N) is 2. The van der Waals surface area contributed by atoms with Crippen LogP contribution in [0.25, 0.3) is 0 Å². The minimum Gasteiger partial charge on any atom is -0.492 e. The Hall–Kier alpha value is -4.20. The van der Waals surface area contributed by atoms with Gasteiger partial charge in [0.1, 0.15) is 30.3 Å². The number of carbonyl (C=O) groups excluding carboxylic acids is 1. The highest BCUT2D eigenvalue weighted by molar-refractivity contribution is 6.03. The Balaban J connectivity index is 0.000000176. The third kappa shape index (κ3) is 5.75.